The largest absolute Gasteiger partial charge is 0.466 e. The molecule has 10 heteroatoms. The van der Waals surface area contributed by atoms with Gasteiger partial charge in [-0.1, -0.05) is 6.08 Å². The Morgan fingerprint density at radius 3 is 1.81 bits per heavy atom. The molecule has 0 spiro atoms. The number of halogens is 6. The van der Waals surface area contributed by atoms with E-state index in [4.69, 9.17) is 10.5 Å². The van der Waals surface area contributed by atoms with Gasteiger partial charge in [0.25, 0.3) is 0 Å². The molecule has 1 atom stereocenters. The smallest absolute Gasteiger partial charge is 0.406 e. The molecule has 0 aromatic carbocycles. The van der Waals surface area contributed by atoms with E-state index in [9.17, 15) is 31.1 Å². The van der Waals surface area contributed by atoms with Crippen LogP contribution in [-0.2, 0) is 9.53 Å². The number of carbonyl (C=O) groups is 1. The van der Waals surface area contributed by atoms with Crippen LogP contribution in [0.5, 0.6) is 0 Å². The molecule has 1 saturated carbocycles. The molecule has 0 aliphatic heterocycles. The van der Waals surface area contributed by atoms with Crippen molar-refractivity contribution in [2.24, 2.45) is 16.7 Å². The lowest BCUT2D eigenvalue weighted by molar-refractivity contribution is -0.310. The summed E-state index contributed by atoms with van der Waals surface area (Å²) in [4.78, 5) is 10.8. The third-order valence-electron chi connectivity index (χ3n) is 3.34. The number of nitriles is 2. The number of rotatable bonds is 2. The Balaban J connectivity index is 3.50. The zero-order valence-electron chi connectivity index (χ0n) is 10.2. The van der Waals surface area contributed by atoms with E-state index in [1.165, 1.54) is 0 Å². The molecule has 1 fully saturated rings. The van der Waals surface area contributed by atoms with E-state index < -0.39 is 35.1 Å². The van der Waals surface area contributed by atoms with E-state index in [1.54, 1.807) is 0 Å². The van der Waals surface area contributed by atoms with Gasteiger partial charge < -0.3 is 4.74 Å². The Hall–Kier alpha value is -2.23. The maximum Gasteiger partial charge on any atom is 0.406 e. The van der Waals surface area contributed by atoms with E-state index in [1.807, 2.05) is 0 Å². The van der Waals surface area contributed by atoms with Crippen molar-refractivity contribution < 1.29 is 35.9 Å². The average Bonchev–Trinajstić information content (AvgIpc) is 2.99. The molecule has 0 saturated heterocycles. The lowest BCUT2D eigenvalue weighted by atomic mass is 9.93. The molecular formula is C11H6F6N2O2. The Morgan fingerprint density at radius 1 is 1.14 bits per heavy atom. The molecule has 0 bridgehead atoms. The molecule has 0 heterocycles. The van der Waals surface area contributed by atoms with E-state index in [-0.39, 0.29) is 6.08 Å². The van der Waals surface area contributed by atoms with Crippen molar-refractivity contribution in [1.82, 2.24) is 0 Å². The summed E-state index contributed by atoms with van der Waals surface area (Å²) in [6, 6.07) is 1.59. The first-order valence-electron chi connectivity index (χ1n) is 5.18. The molecule has 1 aliphatic carbocycles. The van der Waals surface area contributed by atoms with Crippen molar-refractivity contribution in [3.8, 4) is 12.1 Å². The molecule has 4 nitrogen and oxygen atoms in total. The van der Waals surface area contributed by atoms with Gasteiger partial charge in [0, 0.05) is 12.0 Å². The number of hydrogen-bond donors (Lipinski definition) is 0. The summed E-state index contributed by atoms with van der Waals surface area (Å²) in [5, 5.41) is 17.4. The fraction of sp³-hybridized carbons (Fsp3) is 0.545. The standard InChI is InChI=1S/C11H6F6N2O2/c1-21-7(20)3-2-6-8(4-18,5-19)9(6,10(12,13)14)11(15,16)17/h2-3,6H,1H3/b3-2-. The predicted molar refractivity (Wildman–Crippen MR) is 52.8 cm³/mol. The van der Waals surface area contributed by atoms with Gasteiger partial charge in [0.15, 0.2) is 5.41 Å². The topological polar surface area (TPSA) is 73.9 Å². The highest BCUT2D eigenvalue weighted by atomic mass is 19.4. The molecule has 0 aromatic rings. The van der Waals surface area contributed by atoms with Crippen molar-refractivity contribution in [3.05, 3.63) is 12.2 Å². The maximum absolute atomic E-state index is 12.9. The second kappa shape index (κ2) is 4.65. The summed E-state index contributed by atoms with van der Waals surface area (Å²) in [5.74, 6) is -3.75. The quantitative estimate of drug-likeness (QED) is 0.446. The third kappa shape index (κ3) is 1.94. The van der Waals surface area contributed by atoms with E-state index >= 15 is 0 Å². The van der Waals surface area contributed by atoms with Gasteiger partial charge in [-0.2, -0.15) is 36.9 Å². The van der Waals surface area contributed by atoms with Gasteiger partial charge in [-0.3, -0.25) is 0 Å². The van der Waals surface area contributed by atoms with Crippen molar-refractivity contribution >= 4 is 5.97 Å². The molecule has 0 aromatic heterocycles. The van der Waals surface area contributed by atoms with Gasteiger partial charge in [-0.05, 0) is 0 Å². The van der Waals surface area contributed by atoms with Crippen LogP contribution in [0.4, 0.5) is 26.3 Å². The normalized spacial score (nSPS) is 23.2. The van der Waals surface area contributed by atoms with Crippen LogP contribution < -0.4 is 0 Å². The molecule has 1 aliphatic rings. The maximum atomic E-state index is 12.9. The highest BCUT2D eigenvalue weighted by molar-refractivity contribution is 5.82. The first-order valence-corrected chi connectivity index (χ1v) is 5.18. The Labute approximate surface area is 114 Å². The van der Waals surface area contributed by atoms with Crippen molar-refractivity contribution in [3.63, 3.8) is 0 Å². The second-order valence-electron chi connectivity index (χ2n) is 4.20. The molecule has 1 rings (SSSR count). The lowest BCUT2D eigenvalue weighted by Crippen LogP contribution is -2.43. The van der Waals surface area contributed by atoms with Gasteiger partial charge in [-0.15, -0.1) is 0 Å². The van der Waals surface area contributed by atoms with E-state index in [0.717, 1.165) is 19.2 Å². The fourth-order valence-corrected chi connectivity index (χ4v) is 2.34. The van der Waals surface area contributed by atoms with Crippen molar-refractivity contribution in [1.29, 1.82) is 10.5 Å². The van der Waals surface area contributed by atoms with Crippen LogP contribution in [0.1, 0.15) is 0 Å². The van der Waals surface area contributed by atoms with Crippen LogP contribution in [0.25, 0.3) is 0 Å². The van der Waals surface area contributed by atoms with Crippen LogP contribution in [0.3, 0.4) is 0 Å². The number of alkyl halides is 6. The van der Waals surface area contributed by atoms with Gasteiger partial charge >= 0.3 is 18.3 Å². The summed E-state index contributed by atoms with van der Waals surface area (Å²) in [6.45, 7) is 0. The predicted octanol–water partition coefficient (Wildman–Crippen LogP) is 2.49. The molecule has 114 valence electrons. The van der Waals surface area contributed by atoms with E-state index in [2.05, 4.69) is 4.74 Å². The minimum Gasteiger partial charge on any atom is -0.466 e. The number of nitrogens with zero attached hydrogens (tertiary/aromatic N) is 2. The van der Waals surface area contributed by atoms with E-state index in [0.29, 0.717) is 6.08 Å². The molecule has 0 amide bonds. The molecule has 0 N–H and O–H groups in total. The number of carbonyl (C=O) groups excluding carboxylic acids is 1. The van der Waals surface area contributed by atoms with Crippen molar-refractivity contribution in [2.45, 2.75) is 12.4 Å². The van der Waals surface area contributed by atoms with Crippen LogP contribution in [0, 0.1) is 39.4 Å². The first-order chi connectivity index (χ1) is 9.46. The average molecular weight is 312 g/mol. The molecular weight excluding hydrogens is 306 g/mol. The number of allylic oxidation sites excluding steroid dienone is 1. The lowest BCUT2D eigenvalue weighted by Gasteiger charge is -2.24. The highest BCUT2D eigenvalue weighted by Gasteiger charge is 2.98. The zero-order chi connectivity index (χ0) is 16.7. The van der Waals surface area contributed by atoms with Crippen LogP contribution in [0.15, 0.2) is 12.2 Å². The minimum atomic E-state index is -5.89. The number of esters is 1. The second-order valence-corrected chi connectivity index (χ2v) is 4.20. The third-order valence-corrected chi connectivity index (χ3v) is 3.34. The van der Waals surface area contributed by atoms with Crippen LogP contribution in [-0.4, -0.2) is 25.4 Å². The van der Waals surface area contributed by atoms with Gasteiger partial charge in [-0.25, -0.2) is 4.79 Å². The summed E-state index contributed by atoms with van der Waals surface area (Å²) < 4.78 is 81.7. The number of ether oxygens (including phenoxy) is 1. The minimum absolute atomic E-state index is 0.235. The molecule has 0 radical (unpaired) electrons. The van der Waals surface area contributed by atoms with Gasteiger partial charge in [0.05, 0.1) is 19.2 Å². The van der Waals surface area contributed by atoms with Crippen molar-refractivity contribution in [2.75, 3.05) is 7.11 Å². The Morgan fingerprint density at radius 2 is 1.57 bits per heavy atom. The summed E-state index contributed by atoms with van der Waals surface area (Å²) in [7, 11) is 0.863. The van der Waals surface area contributed by atoms with Gasteiger partial charge in [0.1, 0.15) is 0 Å². The summed E-state index contributed by atoms with van der Waals surface area (Å²) >= 11 is 0. The van der Waals surface area contributed by atoms with Crippen LogP contribution in [0.2, 0.25) is 0 Å². The molecule has 21 heavy (non-hydrogen) atoms. The van der Waals surface area contributed by atoms with Gasteiger partial charge in [0.2, 0.25) is 5.41 Å². The van der Waals surface area contributed by atoms with Crippen LogP contribution >= 0.6 is 0 Å². The fourth-order valence-electron chi connectivity index (χ4n) is 2.34. The Kier molecular flexibility index (Phi) is 3.73. The SMILES string of the molecule is COC(=O)/C=C\C1C(C#N)(C#N)C1(C(F)(F)F)C(F)(F)F. The summed E-state index contributed by atoms with van der Waals surface area (Å²) in [6.07, 6.45) is -11.2. The molecule has 1 unspecified atom stereocenters. The Bertz CT molecular complexity index is 535. The monoisotopic (exact) mass is 312 g/mol. The summed E-state index contributed by atoms with van der Waals surface area (Å²) in [5.41, 5.74) is -7.89. The highest BCUT2D eigenvalue weighted by Crippen LogP contribution is 2.81. The number of methoxy groups -OCH3 is 1. The zero-order valence-corrected chi connectivity index (χ0v) is 10.2. The number of hydrogen-bond acceptors (Lipinski definition) is 4. The first kappa shape index (κ1) is 16.8.